The lowest BCUT2D eigenvalue weighted by atomic mass is 10.0. The number of benzene rings is 4. The van der Waals surface area contributed by atoms with Gasteiger partial charge in [-0.3, -0.25) is 16.7 Å². The van der Waals surface area contributed by atoms with E-state index in [4.69, 9.17) is 117 Å². The molecule has 0 bridgehead atoms. The van der Waals surface area contributed by atoms with Gasteiger partial charge in [0.2, 0.25) is 0 Å². The van der Waals surface area contributed by atoms with E-state index in [-0.39, 0.29) is 229 Å². The molecule has 117 heavy (non-hydrogen) atoms. The molecule has 0 aliphatic carbocycles. The first-order valence-electron chi connectivity index (χ1n) is 38.9. The molecule has 0 amide bonds. The van der Waals surface area contributed by atoms with Gasteiger partial charge in [0.25, 0.3) is 40.5 Å². The van der Waals surface area contributed by atoms with Crippen molar-refractivity contribution in [2.24, 2.45) is 0 Å². The lowest BCUT2D eigenvalue weighted by Gasteiger charge is -2.42. The van der Waals surface area contributed by atoms with Gasteiger partial charge in [0, 0.05) is 0 Å². The number of rotatable bonds is 70. The average molecular weight is 1750 g/mol. The maximum Gasteiger partial charge on any atom is 0.297 e. The van der Waals surface area contributed by atoms with Gasteiger partial charge < -0.3 is 61.6 Å². The molecular weight excluding hydrogens is 1620 g/mol. The van der Waals surface area contributed by atoms with Crippen LogP contribution in [0.5, 0.6) is 0 Å². The zero-order valence-electron chi connectivity index (χ0n) is 71.5. The van der Waals surface area contributed by atoms with Crippen LogP contribution in [0.25, 0.3) is 0 Å². The van der Waals surface area contributed by atoms with E-state index in [2.05, 4.69) is 0 Å². The summed E-state index contributed by atoms with van der Waals surface area (Å²) in [7, 11) is -16.2. The fraction of sp³-hybridized carbons (Fsp3) is 0.700. The van der Waals surface area contributed by atoms with Gasteiger partial charge in [-0.05, 0) is 173 Å². The summed E-state index contributed by atoms with van der Waals surface area (Å²) in [6.45, 7) is 28.7. The zero-order valence-corrected chi connectivity index (χ0v) is 74.7. The lowest BCUT2D eigenvalue weighted by Crippen LogP contribution is -2.54. The summed E-state index contributed by atoms with van der Waals surface area (Å²) in [4.78, 5) is 45.3. The Hall–Kier alpha value is -4.32. The highest BCUT2D eigenvalue weighted by molar-refractivity contribution is 7.87. The Labute approximate surface area is 694 Å². The highest BCUT2D eigenvalue weighted by atomic mass is 32.2. The third-order valence-electron chi connectivity index (χ3n) is 15.9. The molecule has 0 saturated carbocycles. The van der Waals surface area contributed by atoms with Gasteiger partial charge in [-0.2, -0.15) is 33.7 Å². The van der Waals surface area contributed by atoms with Gasteiger partial charge in [0.15, 0.2) is 11.2 Å². The van der Waals surface area contributed by atoms with Gasteiger partial charge in [-0.15, -0.1) is 0 Å². The molecule has 0 saturated heterocycles. The molecule has 0 N–H and O–H groups in total. The van der Waals surface area contributed by atoms with Gasteiger partial charge in [0.1, 0.15) is 35.6 Å². The van der Waals surface area contributed by atoms with Crippen molar-refractivity contribution in [1.82, 2.24) is 0 Å². The first kappa shape index (κ1) is 105. The van der Waals surface area contributed by atoms with E-state index in [0.29, 0.717) is 0 Å². The van der Waals surface area contributed by atoms with Crippen LogP contribution >= 0.6 is 0 Å². The summed E-state index contributed by atoms with van der Waals surface area (Å²) in [5.41, 5.74) is -4.49. The number of hydrogen-bond donors (Lipinski definition) is 0. The summed E-state index contributed by atoms with van der Waals surface area (Å²) in [5, 5.41) is 0. The summed E-state index contributed by atoms with van der Waals surface area (Å²) < 4.78 is 206. The molecule has 0 aliphatic heterocycles. The zero-order chi connectivity index (χ0) is 86.7. The van der Waals surface area contributed by atoms with Crippen LogP contribution in [-0.2, 0) is 158 Å². The molecule has 37 heteroatoms. The van der Waals surface area contributed by atoms with Gasteiger partial charge in [0.05, 0.1) is 216 Å². The Kier molecular flexibility index (Phi) is 47.6. The molecule has 4 unspecified atom stereocenters. The summed E-state index contributed by atoms with van der Waals surface area (Å²) >= 11 is 0. The Morgan fingerprint density at radius 2 is 0.444 bits per heavy atom. The van der Waals surface area contributed by atoms with E-state index in [0.717, 1.165) is 22.3 Å². The Balaban J connectivity index is 1.69. The molecule has 0 spiro atoms. The topological polar surface area (TPSA) is 367 Å². The molecule has 33 nitrogen and oxygen atoms in total. The number of ether oxygens (including phenoxy) is 13. The largest absolute Gasteiger partial charge is 0.377 e. The number of hydrogen-bond acceptors (Lipinski definition) is 33. The second kappa shape index (κ2) is 53.0. The first-order valence-corrected chi connectivity index (χ1v) is 44.5. The van der Waals surface area contributed by atoms with Crippen molar-refractivity contribution in [3.8, 4) is 0 Å². The average Bonchev–Trinajstić information content (AvgIpc) is 0.815. The fourth-order valence-electron chi connectivity index (χ4n) is 9.99. The maximum atomic E-state index is 12.9. The van der Waals surface area contributed by atoms with Crippen molar-refractivity contribution in [3.63, 3.8) is 0 Å². The maximum absolute atomic E-state index is 12.9. The molecule has 4 rings (SSSR count). The van der Waals surface area contributed by atoms with Crippen LogP contribution in [-0.4, -0.2) is 277 Å². The van der Waals surface area contributed by atoms with Crippen LogP contribution in [0.3, 0.4) is 0 Å². The summed E-state index contributed by atoms with van der Waals surface area (Å²) in [6.07, 6.45) is -1.30. The Morgan fingerprint density at radius 1 is 0.239 bits per heavy atom. The Morgan fingerprint density at radius 3 is 0.692 bits per heavy atom. The predicted octanol–water partition coefficient (Wildman–Crippen LogP) is 10.0. The third-order valence-corrected chi connectivity index (χ3v) is 21.2. The number of aryl methyl sites for hydroxylation is 4. The van der Waals surface area contributed by atoms with Crippen LogP contribution in [0.2, 0.25) is 0 Å². The van der Waals surface area contributed by atoms with E-state index in [1.165, 1.54) is 48.5 Å². The summed E-state index contributed by atoms with van der Waals surface area (Å²) in [6, 6.07) is 25.0. The van der Waals surface area contributed by atoms with Crippen molar-refractivity contribution in [3.05, 3.63) is 119 Å². The lowest BCUT2D eigenvalue weighted by molar-refractivity contribution is -0.419. The summed E-state index contributed by atoms with van der Waals surface area (Å²) in [5.74, 6) is 0. The van der Waals surface area contributed by atoms with Crippen molar-refractivity contribution in [2.45, 2.75) is 202 Å². The van der Waals surface area contributed by atoms with Gasteiger partial charge in [-0.1, -0.05) is 70.8 Å². The Bertz CT molecular complexity index is 3580. The second-order valence-electron chi connectivity index (χ2n) is 30.7. The minimum Gasteiger partial charge on any atom is -0.377 e. The molecule has 0 aliphatic rings. The molecule has 0 radical (unpaired) electrons. The molecule has 0 heterocycles. The SMILES string of the molecule is Cc1ccc(S(=O)(=O)OCCOCCOCC(C)(COCC(C)(COCC(C)(COCCOCCOS(=O)(=O)c2ccc(C)cc2)OCCOCCOS(=O)(=O)c2ccc(C)cc2)OC(C)(COCC(C)(COOC(C)C)OOC(C)C)COCC(C)(COOC(C)C)OOC(C)C)OCCOCCOS(=O)(=O)c2ccc(C)cc2)cc1. The van der Waals surface area contributed by atoms with Gasteiger partial charge >= 0.3 is 0 Å². The van der Waals surface area contributed by atoms with Crippen LogP contribution in [0.4, 0.5) is 0 Å². The van der Waals surface area contributed by atoms with Crippen LogP contribution in [0.15, 0.2) is 117 Å². The first-order chi connectivity index (χ1) is 55.0. The second-order valence-corrected chi connectivity index (χ2v) is 37.1. The minimum absolute atomic E-state index is 0.000597. The molecule has 4 aromatic rings. The van der Waals surface area contributed by atoms with E-state index < -0.39 is 74.1 Å². The minimum atomic E-state index is -4.07. The molecular formula is C80H130O33S4. The quantitative estimate of drug-likeness (QED) is 0.0172. The molecule has 0 aromatic heterocycles. The normalized spacial score (nSPS) is 15.8. The third kappa shape index (κ3) is 44.5. The molecule has 4 atom stereocenters. The molecule has 0 fully saturated rings. The van der Waals surface area contributed by atoms with E-state index in [1.54, 1.807) is 145 Å². The highest BCUT2D eigenvalue weighted by Crippen LogP contribution is 2.29. The molecule has 4 aromatic carbocycles. The highest BCUT2D eigenvalue weighted by Gasteiger charge is 2.42. The van der Waals surface area contributed by atoms with E-state index >= 15 is 0 Å². The fourth-order valence-corrected chi connectivity index (χ4v) is 13.6. The predicted molar refractivity (Wildman–Crippen MR) is 428 cm³/mol. The smallest absolute Gasteiger partial charge is 0.297 e. The van der Waals surface area contributed by atoms with Crippen LogP contribution in [0.1, 0.15) is 119 Å². The van der Waals surface area contributed by atoms with Crippen molar-refractivity contribution in [2.75, 3.05) is 185 Å². The van der Waals surface area contributed by atoms with Crippen molar-refractivity contribution in [1.29, 1.82) is 0 Å². The molecule has 672 valence electrons. The van der Waals surface area contributed by atoms with Gasteiger partial charge in [-0.25, -0.2) is 39.1 Å². The standard InChI is InChI=1S/C80H130O33S4/c1-63(2)107-101-61-79(17,112-109-65(5)6)59-97-57-78(16,58-98-60-80(18,113-110-66(7)8)62-102-108-64(3)4)111-77(15,55-95-53-75(13,99-45-39-91-43-49-105-116(85,86)73-31-23-69(11)24-32-73)51-93-37-35-89-41-47-103-114(81,82)71-27-19-67(9)20-28-71)56-96-54-76(14,100-46-40-92-44-50-106-117(87,88)74-33-25-70(12)26-34-74)52-94-38-36-90-42-48-104-115(83,84)72-29-21-68(10)22-30-72/h19-34,63-66H,35-62H2,1-18H3. The monoisotopic (exact) mass is 1750 g/mol. The van der Waals surface area contributed by atoms with Crippen molar-refractivity contribution >= 4 is 40.5 Å². The van der Waals surface area contributed by atoms with Crippen LogP contribution in [0, 0.1) is 27.7 Å². The van der Waals surface area contributed by atoms with E-state index in [9.17, 15) is 33.7 Å². The van der Waals surface area contributed by atoms with Crippen LogP contribution < -0.4 is 0 Å². The van der Waals surface area contributed by atoms with Crippen molar-refractivity contribution < 1.29 is 151 Å². The van der Waals surface area contributed by atoms with E-state index in [1.807, 2.05) is 27.7 Å².